The van der Waals surface area contributed by atoms with Crippen LogP contribution in [0, 0.1) is 0 Å². The predicted octanol–water partition coefficient (Wildman–Crippen LogP) is 1.43. The van der Waals surface area contributed by atoms with Crippen LogP contribution in [0.2, 0.25) is 0 Å². The van der Waals surface area contributed by atoms with Crippen molar-refractivity contribution in [3.05, 3.63) is 28.8 Å². The molecule has 0 amide bonds. The van der Waals surface area contributed by atoms with Crippen LogP contribution >= 0.6 is 0 Å². The van der Waals surface area contributed by atoms with Crippen molar-refractivity contribution in [2.24, 2.45) is 7.05 Å². The molecule has 6 nitrogen and oxygen atoms in total. The Bertz CT molecular complexity index is 832. The Balaban J connectivity index is 2.54. The number of aryl methyl sites for hydroxylation is 1. The molecule has 0 aliphatic heterocycles. The van der Waals surface area contributed by atoms with Crippen LogP contribution in [-0.2, 0) is 7.05 Å². The smallest absolute Gasteiger partial charge is 0.276 e. The van der Waals surface area contributed by atoms with Gasteiger partial charge in [0.1, 0.15) is 0 Å². The Morgan fingerprint density at radius 1 is 1.21 bits per heavy atom. The maximum atomic E-state index is 12.0. The zero-order chi connectivity index (χ0) is 13.6. The van der Waals surface area contributed by atoms with E-state index in [4.69, 9.17) is 9.47 Å². The Labute approximate surface area is 108 Å². The van der Waals surface area contributed by atoms with Crippen molar-refractivity contribution in [2.45, 2.75) is 0 Å². The van der Waals surface area contributed by atoms with Gasteiger partial charge < -0.3 is 19.0 Å². The average molecular weight is 259 g/mol. The maximum Gasteiger partial charge on any atom is 0.276 e. The molecule has 0 radical (unpaired) electrons. The maximum absolute atomic E-state index is 12.0. The van der Waals surface area contributed by atoms with E-state index < -0.39 is 0 Å². The average Bonchev–Trinajstić information content (AvgIpc) is 2.80. The van der Waals surface area contributed by atoms with E-state index in [1.165, 1.54) is 0 Å². The highest BCUT2D eigenvalue weighted by Crippen LogP contribution is 2.33. The number of nitrogens with one attached hydrogen (secondary N) is 1. The summed E-state index contributed by atoms with van der Waals surface area (Å²) < 4.78 is 12.4. The Kier molecular flexibility index (Phi) is 2.45. The summed E-state index contributed by atoms with van der Waals surface area (Å²) in [6.07, 6.45) is 1.62. The van der Waals surface area contributed by atoms with Gasteiger partial charge in [-0.2, -0.15) is 0 Å². The van der Waals surface area contributed by atoms with Crippen molar-refractivity contribution < 1.29 is 9.47 Å². The second-order valence-corrected chi connectivity index (χ2v) is 4.26. The third-order valence-electron chi connectivity index (χ3n) is 3.18. The van der Waals surface area contributed by atoms with Crippen molar-refractivity contribution >= 4 is 21.9 Å². The lowest BCUT2D eigenvalue weighted by molar-refractivity contribution is 0.356. The van der Waals surface area contributed by atoms with E-state index in [9.17, 15) is 4.79 Å². The summed E-state index contributed by atoms with van der Waals surface area (Å²) in [5, 5.41) is 0.868. The normalized spacial score (nSPS) is 11.1. The molecule has 0 unspecified atom stereocenters. The molecule has 2 aromatic heterocycles. The molecule has 2 heterocycles. The number of fused-ring (bicyclic) bond motifs is 3. The highest BCUT2D eigenvalue weighted by atomic mass is 16.5. The highest BCUT2D eigenvalue weighted by Gasteiger charge is 2.13. The standard InChI is InChI=1S/C13H13N3O3/c1-16-6-14-11-12(16)7-4-9(18-2)10(19-3)5-8(7)15-13(11)17/h4-6H,1-3H3,(H,15,17). The molecule has 1 aromatic carbocycles. The van der Waals surface area contributed by atoms with Gasteiger partial charge in [-0.3, -0.25) is 4.79 Å². The zero-order valence-electron chi connectivity index (χ0n) is 10.9. The summed E-state index contributed by atoms with van der Waals surface area (Å²) in [5.74, 6) is 1.19. The monoisotopic (exact) mass is 259 g/mol. The first-order valence-corrected chi connectivity index (χ1v) is 5.74. The number of aromatic amines is 1. The fourth-order valence-electron chi connectivity index (χ4n) is 2.27. The van der Waals surface area contributed by atoms with Crippen molar-refractivity contribution in [1.29, 1.82) is 0 Å². The predicted molar refractivity (Wildman–Crippen MR) is 71.9 cm³/mol. The van der Waals surface area contributed by atoms with Crippen molar-refractivity contribution in [3.63, 3.8) is 0 Å². The van der Waals surface area contributed by atoms with Crippen LogP contribution in [0.15, 0.2) is 23.3 Å². The molecule has 3 rings (SSSR count). The number of hydrogen-bond acceptors (Lipinski definition) is 4. The summed E-state index contributed by atoms with van der Waals surface area (Å²) >= 11 is 0. The number of benzene rings is 1. The zero-order valence-corrected chi connectivity index (χ0v) is 10.9. The van der Waals surface area contributed by atoms with Gasteiger partial charge in [-0.25, -0.2) is 4.98 Å². The van der Waals surface area contributed by atoms with Crippen molar-refractivity contribution in [3.8, 4) is 11.5 Å². The number of rotatable bonds is 2. The van der Waals surface area contributed by atoms with Gasteiger partial charge in [0.15, 0.2) is 17.0 Å². The fourth-order valence-corrected chi connectivity index (χ4v) is 2.27. The summed E-state index contributed by atoms with van der Waals surface area (Å²) in [6, 6.07) is 3.59. The minimum absolute atomic E-state index is 0.213. The van der Waals surface area contributed by atoms with E-state index in [-0.39, 0.29) is 5.56 Å². The number of imidazole rings is 1. The van der Waals surface area contributed by atoms with Crippen LogP contribution in [0.3, 0.4) is 0 Å². The summed E-state index contributed by atoms with van der Waals surface area (Å²) in [7, 11) is 4.99. The van der Waals surface area contributed by atoms with Crippen molar-refractivity contribution in [2.75, 3.05) is 14.2 Å². The molecule has 98 valence electrons. The lowest BCUT2D eigenvalue weighted by Crippen LogP contribution is -2.07. The first-order valence-electron chi connectivity index (χ1n) is 5.74. The molecule has 0 bridgehead atoms. The SMILES string of the molecule is COc1cc2[nH]c(=O)c3ncn(C)c3c2cc1OC. The van der Waals surface area contributed by atoms with Crippen LogP contribution < -0.4 is 15.0 Å². The summed E-state index contributed by atoms with van der Waals surface area (Å²) in [5.41, 5.74) is 1.68. The molecular weight excluding hydrogens is 246 g/mol. The van der Waals surface area contributed by atoms with Crippen LogP contribution in [-0.4, -0.2) is 28.8 Å². The third-order valence-corrected chi connectivity index (χ3v) is 3.18. The quantitative estimate of drug-likeness (QED) is 0.756. The molecule has 0 saturated heterocycles. The number of ether oxygens (including phenoxy) is 2. The largest absolute Gasteiger partial charge is 0.493 e. The first-order chi connectivity index (χ1) is 9.15. The molecule has 0 aliphatic carbocycles. The second-order valence-electron chi connectivity index (χ2n) is 4.26. The van der Waals surface area contributed by atoms with Gasteiger partial charge in [0.05, 0.1) is 31.6 Å². The molecular formula is C13H13N3O3. The van der Waals surface area contributed by atoms with Gasteiger partial charge in [0.25, 0.3) is 5.56 Å². The Morgan fingerprint density at radius 3 is 2.58 bits per heavy atom. The van der Waals surface area contributed by atoms with E-state index in [0.29, 0.717) is 22.5 Å². The first kappa shape index (κ1) is 11.6. The second kappa shape index (κ2) is 4.01. The van der Waals surface area contributed by atoms with Gasteiger partial charge in [-0.05, 0) is 6.07 Å². The van der Waals surface area contributed by atoms with Crippen LogP contribution in [0.1, 0.15) is 0 Å². The van der Waals surface area contributed by atoms with E-state index in [1.807, 2.05) is 17.7 Å². The fraction of sp³-hybridized carbons (Fsp3) is 0.231. The van der Waals surface area contributed by atoms with Crippen LogP contribution in [0.5, 0.6) is 11.5 Å². The van der Waals surface area contributed by atoms with Crippen LogP contribution in [0.4, 0.5) is 0 Å². The van der Waals surface area contributed by atoms with Gasteiger partial charge in [-0.15, -0.1) is 0 Å². The van der Waals surface area contributed by atoms with E-state index in [1.54, 1.807) is 26.6 Å². The molecule has 0 fully saturated rings. The van der Waals surface area contributed by atoms with E-state index in [2.05, 4.69) is 9.97 Å². The van der Waals surface area contributed by atoms with Gasteiger partial charge in [0, 0.05) is 18.5 Å². The van der Waals surface area contributed by atoms with Gasteiger partial charge >= 0.3 is 0 Å². The molecule has 6 heteroatoms. The minimum Gasteiger partial charge on any atom is -0.493 e. The molecule has 1 N–H and O–H groups in total. The topological polar surface area (TPSA) is 69.1 Å². The highest BCUT2D eigenvalue weighted by molar-refractivity contribution is 6.03. The number of hydrogen-bond donors (Lipinski definition) is 1. The molecule has 19 heavy (non-hydrogen) atoms. The molecule has 3 aromatic rings. The van der Waals surface area contributed by atoms with Crippen LogP contribution in [0.25, 0.3) is 21.9 Å². The number of H-pyrrole nitrogens is 1. The lowest BCUT2D eigenvalue weighted by atomic mass is 10.1. The molecule has 0 spiro atoms. The number of methoxy groups -OCH3 is 2. The summed E-state index contributed by atoms with van der Waals surface area (Å²) in [4.78, 5) is 18.9. The van der Waals surface area contributed by atoms with Gasteiger partial charge in [-0.1, -0.05) is 0 Å². The number of pyridine rings is 1. The van der Waals surface area contributed by atoms with Gasteiger partial charge in [0.2, 0.25) is 0 Å². The van der Waals surface area contributed by atoms with Crippen molar-refractivity contribution in [1.82, 2.24) is 14.5 Å². The van der Waals surface area contributed by atoms with E-state index in [0.717, 1.165) is 10.9 Å². The Hall–Kier alpha value is -2.50. The molecule has 0 aliphatic rings. The number of aromatic nitrogens is 3. The molecule has 0 saturated carbocycles. The number of nitrogens with zero attached hydrogens (tertiary/aromatic N) is 2. The van der Waals surface area contributed by atoms with E-state index >= 15 is 0 Å². The third kappa shape index (κ3) is 1.56. The lowest BCUT2D eigenvalue weighted by Gasteiger charge is -2.10. The summed E-state index contributed by atoms with van der Waals surface area (Å²) in [6.45, 7) is 0. The Morgan fingerprint density at radius 2 is 1.89 bits per heavy atom. The minimum atomic E-state index is -0.213. The molecule has 0 atom stereocenters.